The van der Waals surface area contributed by atoms with Gasteiger partial charge >= 0.3 is 12.3 Å². The first-order valence-electron chi connectivity index (χ1n) is 7.30. The zero-order chi connectivity index (χ0) is 19.5. The van der Waals surface area contributed by atoms with Crippen molar-refractivity contribution >= 4 is 23.4 Å². The van der Waals surface area contributed by atoms with Crippen LogP contribution in [0.5, 0.6) is 5.75 Å². The summed E-state index contributed by atoms with van der Waals surface area (Å²) in [6, 6.07) is 7.91. The van der Waals surface area contributed by atoms with Crippen LogP contribution in [0.4, 0.5) is 23.7 Å². The first-order valence-corrected chi connectivity index (χ1v) is 7.68. The molecule has 2 aromatic rings. The van der Waals surface area contributed by atoms with Crippen molar-refractivity contribution in [1.82, 2.24) is 0 Å². The molecule has 1 amide bonds. The number of hydrogen-bond acceptors (Lipinski definition) is 4. The van der Waals surface area contributed by atoms with Gasteiger partial charge in [0.1, 0.15) is 12.4 Å². The van der Waals surface area contributed by atoms with Crippen molar-refractivity contribution in [2.45, 2.75) is 19.7 Å². The smallest absolute Gasteiger partial charge is 0.438 e. The number of nitrogens with zero attached hydrogens (tertiary/aromatic N) is 1. The predicted molar refractivity (Wildman–Crippen MR) is 88.6 cm³/mol. The Morgan fingerprint density at radius 3 is 2.58 bits per heavy atom. The topological polar surface area (TPSA) is 59.0 Å². The SMILES string of the molecule is COC(=O)N(O)c1cccc(Cl)c1COc1ccc(C)cc1C(F)(F)F. The number of amides is 1. The molecule has 2 aromatic carbocycles. The minimum atomic E-state index is -4.60. The van der Waals surface area contributed by atoms with Crippen LogP contribution in [0.2, 0.25) is 5.02 Å². The summed E-state index contributed by atoms with van der Waals surface area (Å²) in [6.45, 7) is 1.13. The summed E-state index contributed by atoms with van der Waals surface area (Å²) in [7, 11) is 1.06. The van der Waals surface area contributed by atoms with E-state index in [1.54, 1.807) is 0 Å². The maximum absolute atomic E-state index is 13.2. The second kappa shape index (κ2) is 7.84. The minimum absolute atomic E-state index is 0.0648. The summed E-state index contributed by atoms with van der Waals surface area (Å²) in [5.74, 6) is -0.392. The van der Waals surface area contributed by atoms with E-state index in [1.807, 2.05) is 0 Å². The highest BCUT2D eigenvalue weighted by molar-refractivity contribution is 6.31. The lowest BCUT2D eigenvalue weighted by Crippen LogP contribution is -2.28. The van der Waals surface area contributed by atoms with Gasteiger partial charge in [0.25, 0.3) is 0 Å². The van der Waals surface area contributed by atoms with Crippen molar-refractivity contribution in [3.63, 3.8) is 0 Å². The normalized spacial score (nSPS) is 11.2. The largest absolute Gasteiger partial charge is 0.488 e. The van der Waals surface area contributed by atoms with Gasteiger partial charge < -0.3 is 9.47 Å². The maximum atomic E-state index is 13.2. The number of carbonyl (C=O) groups excluding carboxylic acids is 1. The van der Waals surface area contributed by atoms with Crippen LogP contribution in [0.25, 0.3) is 0 Å². The Labute approximate surface area is 152 Å². The molecule has 140 valence electrons. The summed E-state index contributed by atoms with van der Waals surface area (Å²) >= 11 is 6.05. The van der Waals surface area contributed by atoms with E-state index in [1.165, 1.54) is 37.3 Å². The average Bonchev–Trinajstić information content (AvgIpc) is 2.59. The van der Waals surface area contributed by atoms with Crippen molar-refractivity contribution in [1.29, 1.82) is 0 Å². The van der Waals surface area contributed by atoms with Crippen LogP contribution in [0.3, 0.4) is 0 Å². The zero-order valence-corrected chi connectivity index (χ0v) is 14.6. The van der Waals surface area contributed by atoms with Gasteiger partial charge in [-0.2, -0.15) is 18.2 Å². The number of hydrogen-bond donors (Lipinski definition) is 1. The Bertz CT molecular complexity index is 811. The van der Waals surface area contributed by atoms with E-state index in [0.29, 0.717) is 5.56 Å². The molecule has 0 fully saturated rings. The van der Waals surface area contributed by atoms with Crippen LogP contribution >= 0.6 is 11.6 Å². The number of carbonyl (C=O) groups is 1. The fraction of sp³-hybridized carbons (Fsp3) is 0.235. The molecule has 0 radical (unpaired) electrons. The Hall–Kier alpha value is -2.45. The van der Waals surface area contributed by atoms with Gasteiger partial charge in [-0.1, -0.05) is 29.3 Å². The molecule has 0 saturated heterocycles. The predicted octanol–water partition coefficient (Wildman–Crippen LogP) is 5.21. The molecular weight excluding hydrogens is 375 g/mol. The van der Waals surface area contributed by atoms with Gasteiger partial charge in [-0.25, -0.2) is 4.79 Å². The molecule has 0 aliphatic heterocycles. The van der Waals surface area contributed by atoms with Crippen LogP contribution in [-0.4, -0.2) is 18.4 Å². The molecule has 0 saturated carbocycles. The Morgan fingerprint density at radius 1 is 1.27 bits per heavy atom. The molecule has 0 aromatic heterocycles. The van der Waals surface area contributed by atoms with Crippen molar-refractivity contribution in [2.75, 3.05) is 12.2 Å². The summed E-state index contributed by atoms with van der Waals surface area (Å²) in [6.07, 6.45) is -5.68. The minimum Gasteiger partial charge on any atom is -0.488 e. The zero-order valence-electron chi connectivity index (χ0n) is 13.8. The van der Waals surface area contributed by atoms with Crippen LogP contribution in [0.1, 0.15) is 16.7 Å². The fourth-order valence-electron chi connectivity index (χ4n) is 2.21. The van der Waals surface area contributed by atoms with E-state index in [9.17, 15) is 23.2 Å². The molecule has 1 N–H and O–H groups in total. The van der Waals surface area contributed by atoms with Crippen LogP contribution in [0.15, 0.2) is 36.4 Å². The third-order valence-electron chi connectivity index (χ3n) is 3.48. The number of rotatable bonds is 4. The van der Waals surface area contributed by atoms with Gasteiger partial charge in [0.2, 0.25) is 0 Å². The summed E-state index contributed by atoms with van der Waals surface area (Å²) in [4.78, 5) is 11.5. The van der Waals surface area contributed by atoms with E-state index in [2.05, 4.69) is 4.74 Å². The number of halogens is 4. The first kappa shape index (κ1) is 19.9. The molecule has 9 heteroatoms. The van der Waals surface area contributed by atoms with Gasteiger partial charge in [0.05, 0.1) is 18.4 Å². The number of aryl methyl sites for hydroxylation is 1. The maximum Gasteiger partial charge on any atom is 0.438 e. The van der Waals surface area contributed by atoms with Gasteiger partial charge in [0, 0.05) is 10.6 Å². The Balaban J connectivity index is 2.35. The van der Waals surface area contributed by atoms with E-state index in [-0.39, 0.29) is 21.3 Å². The number of anilines is 1. The number of methoxy groups -OCH3 is 1. The third-order valence-corrected chi connectivity index (χ3v) is 3.84. The monoisotopic (exact) mass is 389 g/mol. The fourth-order valence-corrected chi connectivity index (χ4v) is 2.44. The van der Waals surface area contributed by atoms with Crippen molar-refractivity contribution < 1.29 is 32.6 Å². The first-order chi connectivity index (χ1) is 12.1. The lowest BCUT2D eigenvalue weighted by molar-refractivity contribution is -0.139. The van der Waals surface area contributed by atoms with Gasteiger partial charge in [-0.15, -0.1) is 0 Å². The van der Waals surface area contributed by atoms with E-state index in [4.69, 9.17) is 16.3 Å². The molecular formula is C17H15ClF3NO4. The van der Waals surface area contributed by atoms with E-state index >= 15 is 0 Å². The highest BCUT2D eigenvalue weighted by Gasteiger charge is 2.34. The Morgan fingerprint density at radius 2 is 1.96 bits per heavy atom. The van der Waals surface area contributed by atoms with Gasteiger partial charge in [-0.05, 0) is 31.2 Å². The molecule has 0 bridgehead atoms. The third kappa shape index (κ3) is 4.39. The van der Waals surface area contributed by atoms with E-state index < -0.39 is 30.2 Å². The molecule has 0 aliphatic carbocycles. The van der Waals surface area contributed by atoms with Crippen LogP contribution < -0.4 is 9.80 Å². The molecule has 0 unspecified atom stereocenters. The average molecular weight is 390 g/mol. The van der Waals surface area contributed by atoms with Gasteiger partial charge in [-0.3, -0.25) is 5.21 Å². The quantitative estimate of drug-likeness (QED) is 0.576. The molecule has 0 spiro atoms. The molecule has 0 atom stereocenters. The van der Waals surface area contributed by atoms with Crippen molar-refractivity contribution in [2.24, 2.45) is 0 Å². The van der Waals surface area contributed by atoms with Crippen molar-refractivity contribution in [3.05, 3.63) is 58.1 Å². The molecule has 0 heterocycles. The lowest BCUT2D eigenvalue weighted by Gasteiger charge is -2.19. The number of ether oxygens (including phenoxy) is 2. The second-order valence-electron chi connectivity index (χ2n) is 5.31. The number of hydroxylamine groups is 1. The van der Waals surface area contributed by atoms with Gasteiger partial charge in [0.15, 0.2) is 0 Å². The molecule has 0 aliphatic rings. The van der Waals surface area contributed by atoms with Crippen molar-refractivity contribution in [3.8, 4) is 5.75 Å². The lowest BCUT2D eigenvalue weighted by atomic mass is 10.1. The molecule has 26 heavy (non-hydrogen) atoms. The highest BCUT2D eigenvalue weighted by atomic mass is 35.5. The standard InChI is InChI=1S/C17H15ClF3NO4/c1-10-6-7-15(12(8-10)17(19,20)21)26-9-11-13(18)4-3-5-14(11)22(24)16(23)25-2/h3-8,24H,9H2,1-2H3. The summed E-state index contributed by atoms with van der Waals surface area (Å²) in [5, 5.41) is 10.2. The Kier molecular flexibility index (Phi) is 5.99. The van der Waals surface area contributed by atoms with Crippen LogP contribution in [-0.2, 0) is 17.5 Å². The summed E-state index contributed by atoms with van der Waals surface area (Å²) in [5.41, 5.74) is -0.448. The molecule has 5 nitrogen and oxygen atoms in total. The second-order valence-corrected chi connectivity index (χ2v) is 5.71. The highest BCUT2D eigenvalue weighted by Crippen LogP contribution is 2.38. The summed E-state index contributed by atoms with van der Waals surface area (Å²) < 4.78 is 49.2. The molecule has 2 rings (SSSR count). The van der Waals surface area contributed by atoms with E-state index in [0.717, 1.165) is 13.2 Å². The number of benzene rings is 2. The number of alkyl halides is 3. The van der Waals surface area contributed by atoms with Crippen LogP contribution in [0, 0.1) is 6.92 Å².